The van der Waals surface area contributed by atoms with Crippen molar-refractivity contribution in [2.45, 2.75) is 38.6 Å². The van der Waals surface area contributed by atoms with Gasteiger partial charge in [-0.05, 0) is 13.5 Å². The highest BCUT2D eigenvalue weighted by Gasteiger charge is 2.26. The van der Waals surface area contributed by atoms with E-state index in [1.165, 1.54) is 5.75 Å². The smallest absolute Gasteiger partial charge is 0.147 e. The van der Waals surface area contributed by atoms with Crippen molar-refractivity contribution in [3.63, 3.8) is 0 Å². The Morgan fingerprint density at radius 2 is 2.28 bits per heavy atom. The van der Waals surface area contributed by atoms with E-state index in [1.807, 2.05) is 24.2 Å². The molecule has 0 saturated carbocycles. The van der Waals surface area contributed by atoms with Crippen molar-refractivity contribution in [2.75, 3.05) is 23.7 Å². The summed E-state index contributed by atoms with van der Waals surface area (Å²) in [5, 5.41) is 3.94. The normalized spacial score (nSPS) is 24.3. The minimum atomic E-state index is 0.521. The van der Waals surface area contributed by atoms with E-state index < -0.39 is 0 Å². The molecule has 2 unspecified atom stereocenters. The van der Waals surface area contributed by atoms with Crippen LogP contribution in [-0.4, -0.2) is 40.1 Å². The van der Waals surface area contributed by atoms with Crippen LogP contribution in [0.15, 0.2) is 12.4 Å². The maximum atomic E-state index is 4.71. The molecule has 1 N–H and O–H groups in total. The molecule has 2 heterocycles. The van der Waals surface area contributed by atoms with Crippen molar-refractivity contribution in [1.82, 2.24) is 15.3 Å². The number of rotatable bonds is 4. The SMILES string of the molecule is CCNCc1cncc(N2CCSC(C)C2C)n1. The summed E-state index contributed by atoms with van der Waals surface area (Å²) in [6.45, 7) is 9.48. The van der Waals surface area contributed by atoms with E-state index in [1.54, 1.807) is 0 Å². The monoisotopic (exact) mass is 266 g/mol. The van der Waals surface area contributed by atoms with Crippen molar-refractivity contribution in [3.05, 3.63) is 18.1 Å². The standard InChI is InChI=1S/C13H22N4S/c1-4-14-7-12-8-15-9-13(16-12)17-5-6-18-11(3)10(17)2/h8-11,14H,4-7H2,1-3H3. The zero-order valence-corrected chi connectivity index (χ0v) is 12.2. The molecular formula is C13H22N4S. The van der Waals surface area contributed by atoms with Crippen LogP contribution >= 0.6 is 11.8 Å². The van der Waals surface area contributed by atoms with Gasteiger partial charge in [0.25, 0.3) is 0 Å². The van der Waals surface area contributed by atoms with Gasteiger partial charge in [0.1, 0.15) is 5.82 Å². The van der Waals surface area contributed by atoms with Crippen LogP contribution in [0.1, 0.15) is 26.5 Å². The van der Waals surface area contributed by atoms with E-state index in [-0.39, 0.29) is 0 Å². The lowest BCUT2D eigenvalue weighted by molar-refractivity contribution is 0.615. The molecule has 5 heteroatoms. The van der Waals surface area contributed by atoms with Crippen LogP contribution in [0.5, 0.6) is 0 Å². The molecule has 0 spiro atoms. The molecule has 1 aliphatic heterocycles. The van der Waals surface area contributed by atoms with Gasteiger partial charge < -0.3 is 10.2 Å². The van der Waals surface area contributed by atoms with E-state index >= 15 is 0 Å². The molecule has 2 atom stereocenters. The van der Waals surface area contributed by atoms with Gasteiger partial charge in [-0.15, -0.1) is 0 Å². The third-order valence-electron chi connectivity index (χ3n) is 3.41. The Hall–Kier alpha value is -0.810. The zero-order valence-electron chi connectivity index (χ0n) is 11.4. The molecule has 0 aromatic carbocycles. The average molecular weight is 266 g/mol. The topological polar surface area (TPSA) is 41.1 Å². The molecule has 0 bridgehead atoms. The van der Waals surface area contributed by atoms with Crippen LogP contribution in [0, 0.1) is 0 Å². The quantitative estimate of drug-likeness (QED) is 0.901. The highest BCUT2D eigenvalue weighted by atomic mass is 32.2. The fourth-order valence-electron chi connectivity index (χ4n) is 2.13. The summed E-state index contributed by atoms with van der Waals surface area (Å²) in [6, 6.07) is 0.521. The lowest BCUT2D eigenvalue weighted by Crippen LogP contribution is -2.45. The summed E-state index contributed by atoms with van der Waals surface area (Å²) in [5.74, 6) is 2.19. The molecule has 1 fully saturated rings. The van der Waals surface area contributed by atoms with Crippen LogP contribution in [0.25, 0.3) is 0 Å². The molecule has 1 aliphatic rings. The zero-order chi connectivity index (χ0) is 13.0. The van der Waals surface area contributed by atoms with Gasteiger partial charge in [0.2, 0.25) is 0 Å². The molecular weight excluding hydrogens is 244 g/mol. The van der Waals surface area contributed by atoms with Crippen molar-refractivity contribution < 1.29 is 0 Å². The number of nitrogens with zero attached hydrogens (tertiary/aromatic N) is 3. The van der Waals surface area contributed by atoms with E-state index in [2.05, 4.69) is 36.0 Å². The predicted molar refractivity (Wildman–Crippen MR) is 78.1 cm³/mol. The number of hydrogen-bond donors (Lipinski definition) is 1. The molecule has 0 amide bonds. The summed E-state index contributed by atoms with van der Waals surface area (Å²) >= 11 is 2.04. The van der Waals surface area contributed by atoms with Crippen LogP contribution < -0.4 is 10.2 Å². The van der Waals surface area contributed by atoms with Crippen LogP contribution in [0.2, 0.25) is 0 Å². The van der Waals surface area contributed by atoms with Gasteiger partial charge in [-0.3, -0.25) is 4.98 Å². The van der Waals surface area contributed by atoms with Crippen LogP contribution in [0.3, 0.4) is 0 Å². The van der Waals surface area contributed by atoms with Gasteiger partial charge in [0.05, 0.1) is 11.9 Å². The number of aromatic nitrogens is 2. The third-order valence-corrected chi connectivity index (χ3v) is 4.74. The molecule has 18 heavy (non-hydrogen) atoms. The van der Waals surface area contributed by atoms with Gasteiger partial charge in [-0.1, -0.05) is 13.8 Å². The van der Waals surface area contributed by atoms with Gasteiger partial charge in [-0.2, -0.15) is 11.8 Å². The van der Waals surface area contributed by atoms with Crippen molar-refractivity contribution in [3.8, 4) is 0 Å². The minimum Gasteiger partial charge on any atom is -0.351 e. The molecule has 2 rings (SSSR count). The second kappa shape index (κ2) is 6.38. The molecule has 0 radical (unpaired) electrons. The number of thioether (sulfide) groups is 1. The van der Waals surface area contributed by atoms with E-state index in [9.17, 15) is 0 Å². The van der Waals surface area contributed by atoms with E-state index in [4.69, 9.17) is 4.98 Å². The first kappa shape index (κ1) is 13.6. The fourth-order valence-corrected chi connectivity index (χ4v) is 3.23. The summed E-state index contributed by atoms with van der Waals surface area (Å²) in [5.41, 5.74) is 1.02. The van der Waals surface area contributed by atoms with E-state index in [0.29, 0.717) is 11.3 Å². The molecule has 1 saturated heterocycles. The van der Waals surface area contributed by atoms with Crippen LogP contribution in [-0.2, 0) is 6.54 Å². The van der Waals surface area contributed by atoms with Gasteiger partial charge in [0, 0.05) is 36.3 Å². The largest absolute Gasteiger partial charge is 0.351 e. The average Bonchev–Trinajstić information content (AvgIpc) is 2.40. The molecule has 1 aromatic rings. The highest BCUT2D eigenvalue weighted by molar-refractivity contribution is 8.00. The molecule has 100 valence electrons. The third kappa shape index (κ3) is 3.14. The first-order valence-electron chi connectivity index (χ1n) is 6.62. The Kier molecular flexibility index (Phi) is 4.83. The van der Waals surface area contributed by atoms with E-state index in [0.717, 1.165) is 31.1 Å². The van der Waals surface area contributed by atoms with Crippen LogP contribution in [0.4, 0.5) is 5.82 Å². The summed E-state index contributed by atoms with van der Waals surface area (Å²) in [4.78, 5) is 11.4. The summed E-state index contributed by atoms with van der Waals surface area (Å²) in [6.07, 6.45) is 3.73. The van der Waals surface area contributed by atoms with Gasteiger partial charge >= 0.3 is 0 Å². The molecule has 4 nitrogen and oxygen atoms in total. The number of anilines is 1. The molecule has 1 aromatic heterocycles. The summed E-state index contributed by atoms with van der Waals surface area (Å²) in [7, 11) is 0. The summed E-state index contributed by atoms with van der Waals surface area (Å²) < 4.78 is 0. The fraction of sp³-hybridized carbons (Fsp3) is 0.692. The predicted octanol–water partition coefficient (Wildman–Crippen LogP) is 1.92. The number of hydrogen-bond acceptors (Lipinski definition) is 5. The first-order valence-corrected chi connectivity index (χ1v) is 7.67. The number of nitrogens with one attached hydrogen (secondary N) is 1. The Bertz CT molecular complexity index is 385. The minimum absolute atomic E-state index is 0.521. The Morgan fingerprint density at radius 1 is 1.44 bits per heavy atom. The van der Waals surface area contributed by atoms with Gasteiger partial charge in [-0.25, -0.2) is 4.98 Å². The van der Waals surface area contributed by atoms with Crippen molar-refractivity contribution >= 4 is 17.6 Å². The second-order valence-electron chi connectivity index (χ2n) is 4.66. The Balaban J connectivity index is 2.11. The Labute approximate surface area is 114 Å². The van der Waals surface area contributed by atoms with Crippen molar-refractivity contribution in [2.24, 2.45) is 0 Å². The maximum Gasteiger partial charge on any atom is 0.147 e. The maximum absolute atomic E-state index is 4.71. The van der Waals surface area contributed by atoms with Crippen molar-refractivity contribution in [1.29, 1.82) is 0 Å². The highest BCUT2D eigenvalue weighted by Crippen LogP contribution is 2.27. The lowest BCUT2D eigenvalue weighted by atomic mass is 10.2. The second-order valence-corrected chi connectivity index (χ2v) is 6.14. The Morgan fingerprint density at radius 3 is 3.06 bits per heavy atom. The first-order chi connectivity index (χ1) is 8.72. The molecule has 0 aliphatic carbocycles. The lowest BCUT2D eigenvalue weighted by Gasteiger charge is -2.38. The van der Waals surface area contributed by atoms with Gasteiger partial charge in [0.15, 0.2) is 0 Å².